The van der Waals surface area contributed by atoms with Crippen molar-refractivity contribution in [2.75, 3.05) is 5.73 Å². The third kappa shape index (κ3) is 2.75. The summed E-state index contributed by atoms with van der Waals surface area (Å²) in [5.41, 5.74) is 6.96. The molecule has 2 aromatic rings. The third-order valence-corrected chi connectivity index (χ3v) is 3.27. The van der Waals surface area contributed by atoms with Crippen LogP contribution in [0, 0.1) is 0 Å². The van der Waals surface area contributed by atoms with Crippen molar-refractivity contribution in [1.82, 2.24) is 4.98 Å². The van der Waals surface area contributed by atoms with Gasteiger partial charge in [0.15, 0.2) is 5.13 Å². The van der Waals surface area contributed by atoms with E-state index in [1.807, 2.05) is 0 Å². The molecule has 0 aliphatic rings. The highest BCUT2D eigenvalue weighted by Gasteiger charge is 2.11. The van der Waals surface area contributed by atoms with Crippen LogP contribution in [0.1, 0.15) is 4.88 Å². The Morgan fingerprint density at radius 1 is 1.41 bits per heavy atom. The number of carboxylic acids is 1. The van der Waals surface area contributed by atoms with E-state index in [0.717, 1.165) is 16.9 Å². The van der Waals surface area contributed by atoms with Crippen LogP contribution < -0.4 is 10.8 Å². The molecule has 1 aromatic heterocycles. The molecule has 0 aliphatic heterocycles. The SMILES string of the molecule is Nc1nc(-c2ccc(Cl)cc2)c(CC(=O)[O-])s1. The zero-order chi connectivity index (χ0) is 12.4. The summed E-state index contributed by atoms with van der Waals surface area (Å²) in [6.45, 7) is 0. The van der Waals surface area contributed by atoms with Gasteiger partial charge in [-0.15, -0.1) is 11.3 Å². The van der Waals surface area contributed by atoms with Gasteiger partial charge < -0.3 is 15.6 Å². The quantitative estimate of drug-likeness (QED) is 0.910. The molecule has 2 rings (SSSR count). The monoisotopic (exact) mass is 267 g/mol. The predicted octanol–water partition coefficient (Wildman–Crippen LogP) is 1.34. The van der Waals surface area contributed by atoms with Crippen LogP contribution in [-0.2, 0) is 11.2 Å². The lowest BCUT2D eigenvalue weighted by Crippen LogP contribution is -2.24. The number of nitrogens with two attached hydrogens (primary N) is 1. The van der Waals surface area contributed by atoms with Gasteiger partial charge in [-0.05, 0) is 12.1 Å². The van der Waals surface area contributed by atoms with Crippen LogP contribution in [0.3, 0.4) is 0 Å². The molecular weight excluding hydrogens is 260 g/mol. The normalized spacial score (nSPS) is 10.4. The van der Waals surface area contributed by atoms with E-state index in [1.165, 1.54) is 0 Å². The minimum atomic E-state index is -1.15. The van der Waals surface area contributed by atoms with Gasteiger partial charge >= 0.3 is 0 Å². The fourth-order valence-corrected chi connectivity index (χ4v) is 2.42. The number of hydrogen-bond acceptors (Lipinski definition) is 5. The van der Waals surface area contributed by atoms with Gasteiger partial charge in [0.25, 0.3) is 0 Å². The van der Waals surface area contributed by atoms with Crippen LogP contribution in [0.4, 0.5) is 5.13 Å². The number of benzene rings is 1. The molecule has 88 valence electrons. The largest absolute Gasteiger partial charge is 0.550 e. The Morgan fingerprint density at radius 3 is 2.65 bits per heavy atom. The Balaban J connectivity index is 2.43. The van der Waals surface area contributed by atoms with Crippen molar-refractivity contribution in [3.8, 4) is 11.3 Å². The minimum Gasteiger partial charge on any atom is -0.550 e. The number of aliphatic carboxylic acids is 1. The van der Waals surface area contributed by atoms with Crippen LogP contribution in [0.25, 0.3) is 11.3 Å². The molecule has 17 heavy (non-hydrogen) atoms. The van der Waals surface area contributed by atoms with E-state index in [4.69, 9.17) is 17.3 Å². The molecule has 1 heterocycles. The first-order chi connectivity index (χ1) is 8.06. The van der Waals surface area contributed by atoms with Gasteiger partial charge in [-0.2, -0.15) is 0 Å². The molecule has 0 aliphatic carbocycles. The maximum Gasteiger partial charge on any atom is 0.180 e. The van der Waals surface area contributed by atoms with E-state index in [2.05, 4.69) is 4.98 Å². The number of thiazole rings is 1. The summed E-state index contributed by atoms with van der Waals surface area (Å²) in [5, 5.41) is 11.6. The van der Waals surface area contributed by atoms with E-state index in [-0.39, 0.29) is 6.42 Å². The van der Waals surface area contributed by atoms with Crippen molar-refractivity contribution >= 4 is 34.0 Å². The lowest BCUT2D eigenvalue weighted by Gasteiger charge is -2.03. The number of rotatable bonds is 3. The summed E-state index contributed by atoms with van der Waals surface area (Å²) in [6.07, 6.45) is -0.188. The van der Waals surface area contributed by atoms with Crippen LogP contribution in [0.15, 0.2) is 24.3 Å². The number of nitrogens with zero attached hydrogens (tertiary/aromatic N) is 1. The molecule has 0 fully saturated rings. The molecule has 0 saturated carbocycles. The number of hydrogen-bond donors (Lipinski definition) is 1. The van der Waals surface area contributed by atoms with Gasteiger partial charge in [-0.1, -0.05) is 23.7 Å². The molecule has 0 unspecified atom stereocenters. The van der Waals surface area contributed by atoms with Crippen molar-refractivity contribution < 1.29 is 9.90 Å². The maximum atomic E-state index is 10.6. The first kappa shape index (κ1) is 11.9. The van der Waals surface area contributed by atoms with E-state index < -0.39 is 5.97 Å². The Hall–Kier alpha value is -1.59. The molecule has 0 atom stereocenters. The van der Waals surface area contributed by atoms with Crippen LogP contribution >= 0.6 is 22.9 Å². The molecule has 4 nitrogen and oxygen atoms in total. The smallest absolute Gasteiger partial charge is 0.180 e. The molecular formula is C11H8ClN2O2S-. The van der Waals surface area contributed by atoms with Gasteiger partial charge in [-0.25, -0.2) is 4.98 Å². The van der Waals surface area contributed by atoms with E-state index in [1.54, 1.807) is 24.3 Å². The fraction of sp³-hybridized carbons (Fsp3) is 0.0909. The summed E-state index contributed by atoms with van der Waals surface area (Å²) >= 11 is 6.94. The van der Waals surface area contributed by atoms with Crippen molar-refractivity contribution in [3.63, 3.8) is 0 Å². The summed E-state index contributed by atoms with van der Waals surface area (Å²) in [5.74, 6) is -1.15. The summed E-state index contributed by atoms with van der Waals surface area (Å²) < 4.78 is 0. The van der Waals surface area contributed by atoms with Gasteiger partial charge in [0.1, 0.15) is 0 Å². The first-order valence-electron chi connectivity index (χ1n) is 4.77. The molecule has 1 aromatic carbocycles. The average molecular weight is 268 g/mol. The topological polar surface area (TPSA) is 79.0 Å². The van der Waals surface area contributed by atoms with Crippen molar-refractivity contribution in [2.45, 2.75) is 6.42 Å². The summed E-state index contributed by atoms with van der Waals surface area (Å²) in [4.78, 5) is 15.3. The third-order valence-electron chi connectivity index (χ3n) is 2.14. The zero-order valence-electron chi connectivity index (χ0n) is 8.64. The van der Waals surface area contributed by atoms with E-state index in [0.29, 0.717) is 20.7 Å². The van der Waals surface area contributed by atoms with Crippen LogP contribution in [0.2, 0.25) is 5.02 Å². The number of carbonyl (C=O) groups is 1. The number of carboxylic acid groups (broad SMARTS) is 1. The first-order valence-corrected chi connectivity index (χ1v) is 5.96. The summed E-state index contributed by atoms with van der Waals surface area (Å²) in [7, 11) is 0. The highest BCUT2D eigenvalue weighted by atomic mass is 35.5. The Morgan fingerprint density at radius 2 is 2.06 bits per heavy atom. The fourth-order valence-electron chi connectivity index (χ4n) is 1.45. The van der Waals surface area contributed by atoms with Gasteiger partial charge in [0.2, 0.25) is 0 Å². The highest BCUT2D eigenvalue weighted by Crippen LogP contribution is 2.30. The predicted molar refractivity (Wildman–Crippen MR) is 65.7 cm³/mol. The van der Waals surface area contributed by atoms with E-state index in [9.17, 15) is 9.90 Å². The molecule has 0 spiro atoms. The van der Waals surface area contributed by atoms with Gasteiger partial charge in [-0.3, -0.25) is 0 Å². The van der Waals surface area contributed by atoms with Crippen LogP contribution in [-0.4, -0.2) is 11.0 Å². The van der Waals surface area contributed by atoms with Gasteiger partial charge in [0.05, 0.1) is 5.69 Å². The average Bonchev–Trinajstić information content (AvgIpc) is 2.59. The van der Waals surface area contributed by atoms with Gasteiger partial charge in [0, 0.05) is 27.9 Å². The number of carbonyl (C=O) groups excluding carboxylic acids is 1. The number of nitrogen functional groups attached to an aromatic ring is 1. The Kier molecular flexibility index (Phi) is 3.31. The number of aromatic nitrogens is 1. The lowest BCUT2D eigenvalue weighted by molar-refractivity contribution is -0.304. The summed E-state index contributed by atoms with van der Waals surface area (Å²) in [6, 6.07) is 6.98. The van der Waals surface area contributed by atoms with Crippen molar-refractivity contribution in [3.05, 3.63) is 34.2 Å². The molecule has 0 bridgehead atoms. The molecule has 0 saturated heterocycles. The second-order valence-corrected chi connectivity index (χ2v) is 4.93. The lowest BCUT2D eigenvalue weighted by atomic mass is 10.1. The highest BCUT2D eigenvalue weighted by molar-refractivity contribution is 7.15. The zero-order valence-corrected chi connectivity index (χ0v) is 10.2. The second-order valence-electron chi connectivity index (χ2n) is 3.38. The van der Waals surface area contributed by atoms with Crippen molar-refractivity contribution in [1.29, 1.82) is 0 Å². The molecule has 2 N–H and O–H groups in total. The molecule has 0 radical (unpaired) electrons. The number of halogens is 1. The standard InChI is InChI=1S/C11H9ClN2O2S/c12-7-3-1-6(2-4-7)10-8(5-9(15)16)17-11(13)14-10/h1-4H,5H2,(H2,13,14)(H,15,16)/p-1. The van der Waals surface area contributed by atoms with Crippen LogP contribution in [0.5, 0.6) is 0 Å². The maximum absolute atomic E-state index is 10.6. The van der Waals surface area contributed by atoms with Crippen molar-refractivity contribution in [2.24, 2.45) is 0 Å². The molecule has 6 heteroatoms. The van der Waals surface area contributed by atoms with E-state index >= 15 is 0 Å². The number of anilines is 1. The Bertz CT molecular complexity index is 551. The Labute approximate surface area is 107 Å². The molecule has 0 amide bonds. The minimum absolute atomic E-state index is 0.188. The second kappa shape index (κ2) is 4.73.